The van der Waals surface area contributed by atoms with Crippen molar-refractivity contribution >= 4 is 0 Å². The van der Waals surface area contributed by atoms with E-state index in [0.29, 0.717) is 6.54 Å². The minimum Gasteiger partial charge on any atom is -0.496 e. The van der Waals surface area contributed by atoms with Crippen molar-refractivity contribution in [2.75, 3.05) is 13.7 Å². The molecule has 0 heterocycles. The fourth-order valence-corrected chi connectivity index (χ4v) is 2.17. The molecule has 1 unspecified atom stereocenters. The third-order valence-corrected chi connectivity index (χ3v) is 3.25. The number of aryl methyl sites for hydroxylation is 1. The van der Waals surface area contributed by atoms with Crippen LogP contribution in [0.3, 0.4) is 0 Å². The Hall–Kier alpha value is -1.84. The average Bonchev–Trinajstić information content (AvgIpc) is 2.48. The second-order valence-electron chi connectivity index (χ2n) is 4.88. The maximum atomic E-state index is 10.3. The molecule has 2 aromatic carbocycles. The first-order chi connectivity index (χ1) is 9.70. The molecule has 20 heavy (non-hydrogen) atoms. The van der Waals surface area contributed by atoms with Gasteiger partial charge in [0.2, 0.25) is 0 Å². The molecule has 0 saturated heterocycles. The quantitative estimate of drug-likeness (QED) is 0.849. The van der Waals surface area contributed by atoms with Crippen LogP contribution in [0.5, 0.6) is 5.75 Å². The number of nitrogens with one attached hydrogen (secondary N) is 1. The molecule has 2 aromatic rings. The minimum absolute atomic E-state index is 0.495. The van der Waals surface area contributed by atoms with E-state index in [-0.39, 0.29) is 0 Å². The van der Waals surface area contributed by atoms with Gasteiger partial charge in [0.1, 0.15) is 5.75 Å². The number of hydrogen-bond acceptors (Lipinski definition) is 3. The van der Waals surface area contributed by atoms with Crippen LogP contribution in [0.1, 0.15) is 22.8 Å². The van der Waals surface area contributed by atoms with Crippen molar-refractivity contribution in [1.29, 1.82) is 0 Å². The number of ether oxygens (including phenoxy) is 1. The van der Waals surface area contributed by atoms with Crippen molar-refractivity contribution in [3.8, 4) is 5.75 Å². The Kier molecular flexibility index (Phi) is 5.16. The molecular weight excluding hydrogens is 250 g/mol. The third kappa shape index (κ3) is 3.83. The van der Waals surface area contributed by atoms with Gasteiger partial charge in [0.25, 0.3) is 0 Å². The van der Waals surface area contributed by atoms with Crippen molar-refractivity contribution in [2.45, 2.75) is 19.6 Å². The van der Waals surface area contributed by atoms with Crippen LogP contribution < -0.4 is 10.1 Å². The molecule has 1 atom stereocenters. The Morgan fingerprint density at radius 1 is 1.15 bits per heavy atom. The van der Waals surface area contributed by atoms with Crippen LogP contribution in [0, 0.1) is 6.92 Å². The monoisotopic (exact) mass is 271 g/mol. The second-order valence-corrected chi connectivity index (χ2v) is 4.88. The summed E-state index contributed by atoms with van der Waals surface area (Å²) in [4.78, 5) is 0. The molecule has 0 aliphatic heterocycles. The van der Waals surface area contributed by atoms with E-state index in [0.717, 1.165) is 23.4 Å². The molecule has 2 N–H and O–H groups in total. The molecule has 0 aliphatic carbocycles. The van der Waals surface area contributed by atoms with Gasteiger partial charge in [-0.25, -0.2) is 0 Å². The second kappa shape index (κ2) is 7.08. The van der Waals surface area contributed by atoms with E-state index >= 15 is 0 Å². The maximum absolute atomic E-state index is 10.3. The Morgan fingerprint density at radius 2 is 1.90 bits per heavy atom. The molecule has 3 heteroatoms. The van der Waals surface area contributed by atoms with E-state index in [4.69, 9.17) is 4.74 Å². The first kappa shape index (κ1) is 14.6. The van der Waals surface area contributed by atoms with E-state index < -0.39 is 6.10 Å². The van der Waals surface area contributed by atoms with Crippen molar-refractivity contribution < 1.29 is 9.84 Å². The molecule has 0 fully saturated rings. The molecule has 0 saturated carbocycles. The Labute approximate surface area is 120 Å². The molecule has 0 spiro atoms. The molecule has 106 valence electrons. The summed E-state index contributed by atoms with van der Waals surface area (Å²) in [5.41, 5.74) is 3.15. The summed E-state index contributed by atoms with van der Waals surface area (Å²) in [6.07, 6.45) is -0.575. The van der Waals surface area contributed by atoms with Crippen LogP contribution in [-0.2, 0) is 6.54 Å². The number of methoxy groups -OCH3 is 1. The van der Waals surface area contributed by atoms with Gasteiger partial charge in [0.05, 0.1) is 13.2 Å². The SMILES string of the molecule is COc1ccc(C)cc1C(O)CNCc1ccccc1. The molecule has 0 bridgehead atoms. The fourth-order valence-electron chi connectivity index (χ4n) is 2.17. The van der Waals surface area contributed by atoms with Gasteiger partial charge in [-0.3, -0.25) is 0 Å². The van der Waals surface area contributed by atoms with Crippen molar-refractivity contribution in [2.24, 2.45) is 0 Å². The van der Waals surface area contributed by atoms with Gasteiger partial charge >= 0.3 is 0 Å². The third-order valence-electron chi connectivity index (χ3n) is 3.25. The summed E-state index contributed by atoms with van der Waals surface area (Å²) >= 11 is 0. The molecule has 2 rings (SSSR count). The van der Waals surface area contributed by atoms with Crippen LogP contribution >= 0.6 is 0 Å². The van der Waals surface area contributed by atoms with Crippen LogP contribution in [0.4, 0.5) is 0 Å². The Balaban J connectivity index is 1.95. The number of aliphatic hydroxyl groups is 1. The summed E-state index contributed by atoms with van der Waals surface area (Å²) in [5.74, 6) is 0.726. The first-order valence-electron chi connectivity index (χ1n) is 6.78. The lowest BCUT2D eigenvalue weighted by Gasteiger charge is -2.16. The van der Waals surface area contributed by atoms with E-state index in [2.05, 4.69) is 17.4 Å². The van der Waals surface area contributed by atoms with E-state index in [1.54, 1.807) is 7.11 Å². The van der Waals surface area contributed by atoms with Crippen molar-refractivity contribution in [1.82, 2.24) is 5.32 Å². The summed E-state index contributed by atoms with van der Waals surface area (Å²) in [6, 6.07) is 16.0. The van der Waals surface area contributed by atoms with E-state index in [9.17, 15) is 5.11 Å². The van der Waals surface area contributed by atoms with Gasteiger partial charge in [-0.05, 0) is 24.6 Å². The lowest BCUT2D eigenvalue weighted by Crippen LogP contribution is -2.21. The van der Waals surface area contributed by atoms with Gasteiger partial charge in [0, 0.05) is 18.7 Å². The summed E-state index contributed by atoms with van der Waals surface area (Å²) in [5, 5.41) is 13.6. The zero-order valence-corrected chi connectivity index (χ0v) is 12.0. The van der Waals surface area contributed by atoms with Gasteiger partial charge < -0.3 is 15.2 Å². The summed E-state index contributed by atoms with van der Waals surface area (Å²) < 4.78 is 5.30. The van der Waals surface area contributed by atoms with Crippen LogP contribution in [0.15, 0.2) is 48.5 Å². The number of hydrogen-bond donors (Lipinski definition) is 2. The van der Waals surface area contributed by atoms with Crippen molar-refractivity contribution in [3.05, 3.63) is 65.2 Å². The average molecular weight is 271 g/mol. The zero-order chi connectivity index (χ0) is 14.4. The molecule has 0 aromatic heterocycles. The summed E-state index contributed by atoms with van der Waals surface area (Å²) in [6.45, 7) is 3.24. The topological polar surface area (TPSA) is 41.5 Å². The molecule has 3 nitrogen and oxygen atoms in total. The lowest BCUT2D eigenvalue weighted by atomic mass is 10.0. The van der Waals surface area contributed by atoms with Crippen LogP contribution in [0.25, 0.3) is 0 Å². The highest BCUT2D eigenvalue weighted by atomic mass is 16.5. The number of aliphatic hydroxyl groups excluding tert-OH is 1. The van der Waals surface area contributed by atoms with Gasteiger partial charge in [-0.2, -0.15) is 0 Å². The predicted molar refractivity (Wildman–Crippen MR) is 80.8 cm³/mol. The highest BCUT2D eigenvalue weighted by Gasteiger charge is 2.13. The maximum Gasteiger partial charge on any atom is 0.124 e. The highest BCUT2D eigenvalue weighted by molar-refractivity contribution is 5.38. The predicted octanol–water partition coefficient (Wildman–Crippen LogP) is 2.83. The van der Waals surface area contributed by atoms with Crippen molar-refractivity contribution in [3.63, 3.8) is 0 Å². The smallest absolute Gasteiger partial charge is 0.124 e. The van der Waals surface area contributed by atoms with Crippen LogP contribution in [-0.4, -0.2) is 18.8 Å². The molecule has 0 aliphatic rings. The van der Waals surface area contributed by atoms with E-state index in [1.165, 1.54) is 5.56 Å². The standard InChI is InChI=1S/C17H21NO2/c1-13-8-9-17(20-2)15(10-13)16(19)12-18-11-14-6-4-3-5-7-14/h3-10,16,18-19H,11-12H2,1-2H3. The van der Waals surface area contributed by atoms with Gasteiger partial charge in [-0.15, -0.1) is 0 Å². The van der Waals surface area contributed by atoms with E-state index in [1.807, 2.05) is 43.3 Å². The van der Waals surface area contributed by atoms with Crippen LogP contribution in [0.2, 0.25) is 0 Å². The largest absolute Gasteiger partial charge is 0.496 e. The minimum atomic E-state index is -0.575. The number of benzene rings is 2. The normalized spacial score (nSPS) is 12.2. The Bertz CT molecular complexity index is 540. The highest BCUT2D eigenvalue weighted by Crippen LogP contribution is 2.25. The molecule has 0 amide bonds. The molecule has 0 radical (unpaired) electrons. The van der Waals surface area contributed by atoms with Gasteiger partial charge in [0.15, 0.2) is 0 Å². The Morgan fingerprint density at radius 3 is 2.60 bits per heavy atom. The zero-order valence-electron chi connectivity index (χ0n) is 12.0. The molecular formula is C17H21NO2. The first-order valence-corrected chi connectivity index (χ1v) is 6.78. The number of rotatable bonds is 6. The lowest BCUT2D eigenvalue weighted by molar-refractivity contribution is 0.170. The van der Waals surface area contributed by atoms with Gasteiger partial charge in [-0.1, -0.05) is 42.0 Å². The summed E-state index contributed by atoms with van der Waals surface area (Å²) in [7, 11) is 1.62. The fraction of sp³-hybridized carbons (Fsp3) is 0.294.